The predicted molar refractivity (Wildman–Crippen MR) is 144 cm³/mol. The molecule has 5 aromatic rings. The van der Waals surface area contributed by atoms with Crippen molar-refractivity contribution in [2.45, 2.75) is 18.8 Å². The van der Waals surface area contributed by atoms with E-state index in [0.717, 1.165) is 24.3 Å². The molecule has 13 heteroatoms. The van der Waals surface area contributed by atoms with Crippen molar-refractivity contribution in [3.8, 4) is 11.1 Å². The van der Waals surface area contributed by atoms with E-state index in [4.69, 9.17) is 11.6 Å². The van der Waals surface area contributed by atoms with Crippen molar-refractivity contribution in [2.75, 3.05) is 5.32 Å². The number of carbonyl (C=O) groups is 2. The average molecular weight is 596 g/mol. The van der Waals surface area contributed by atoms with Gasteiger partial charge in [-0.25, -0.2) is 13.9 Å². The highest BCUT2D eigenvalue weighted by molar-refractivity contribution is 6.31. The van der Waals surface area contributed by atoms with Crippen molar-refractivity contribution >= 4 is 34.7 Å². The number of carbonyl (C=O) groups excluding carboxylic acids is 2. The maximum absolute atomic E-state index is 14.2. The summed E-state index contributed by atoms with van der Waals surface area (Å²) < 4.78 is 56.3. The van der Waals surface area contributed by atoms with Crippen molar-refractivity contribution in [3.05, 3.63) is 117 Å². The van der Waals surface area contributed by atoms with Crippen molar-refractivity contribution in [1.29, 1.82) is 0 Å². The number of nitrogens with one attached hydrogen (secondary N) is 2. The molecule has 3 N–H and O–H groups in total. The van der Waals surface area contributed by atoms with Gasteiger partial charge in [0.1, 0.15) is 12.1 Å². The molecule has 0 radical (unpaired) electrons. The Balaban J connectivity index is 1.51. The highest BCUT2D eigenvalue weighted by Gasteiger charge is 2.36. The maximum Gasteiger partial charge on any atom is 0.416 e. The fourth-order valence-electron chi connectivity index (χ4n) is 4.93. The quantitative estimate of drug-likeness (QED) is 0.223. The van der Waals surface area contributed by atoms with E-state index in [1.165, 1.54) is 16.9 Å². The van der Waals surface area contributed by atoms with E-state index < -0.39 is 42.0 Å². The first kappa shape index (κ1) is 27.4. The number of benzene rings is 3. The molecule has 0 aliphatic carbocycles. The van der Waals surface area contributed by atoms with Gasteiger partial charge >= 0.3 is 6.18 Å². The monoisotopic (exact) mass is 595 g/mol. The largest absolute Gasteiger partial charge is 0.416 e. The molecule has 1 unspecified atom stereocenters. The molecule has 6 rings (SSSR count). The molecule has 0 fully saturated rings. The van der Waals surface area contributed by atoms with Crippen LogP contribution in [0.3, 0.4) is 0 Å². The minimum Gasteiger partial charge on any atom is -0.392 e. The minimum absolute atomic E-state index is 0.0813. The van der Waals surface area contributed by atoms with E-state index in [1.807, 2.05) is 0 Å². The van der Waals surface area contributed by atoms with Gasteiger partial charge in [-0.3, -0.25) is 9.59 Å². The second kappa shape index (κ2) is 10.2. The number of amides is 2. The zero-order valence-electron chi connectivity index (χ0n) is 21.2. The Morgan fingerprint density at radius 1 is 1.07 bits per heavy atom. The van der Waals surface area contributed by atoms with Crippen molar-refractivity contribution in [2.24, 2.45) is 0 Å². The molecule has 1 aliphatic heterocycles. The number of hydrogen-bond acceptors (Lipinski definition) is 5. The van der Waals surface area contributed by atoms with E-state index in [9.17, 15) is 32.3 Å². The van der Waals surface area contributed by atoms with Crippen LogP contribution in [-0.4, -0.2) is 31.5 Å². The van der Waals surface area contributed by atoms with E-state index in [2.05, 4.69) is 20.7 Å². The fraction of sp³-hybridized carbons (Fsp3) is 0.103. The number of alkyl halides is 3. The van der Waals surface area contributed by atoms with Gasteiger partial charge in [0.2, 0.25) is 0 Å². The second-order valence-electron chi connectivity index (χ2n) is 9.57. The lowest BCUT2D eigenvalue weighted by molar-refractivity contribution is -0.137. The smallest absolute Gasteiger partial charge is 0.392 e. The van der Waals surface area contributed by atoms with Crippen LogP contribution in [0.1, 0.15) is 49.0 Å². The van der Waals surface area contributed by atoms with Gasteiger partial charge in [-0.15, -0.1) is 0 Å². The first-order chi connectivity index (χ1) is 20.0. The normalized spacial score (nSPS) is 14.6. The molecular formula is C29H18ClF4N5O3. The number of aliphatic hydroxyl groups excluding tert-OH is 1. The second-order valence-corrected chi connectivity index (χ2v) is 9.97. The van der Waals surface area contributed by atoms with Crippen LogP contribution < -0.4 is 10.6 Å². The molecule has 3 aromatic carbocycles. The van der Waals surface area contributed by atoms with Crippen LogP contribution in [0, 0.1) is 5.82 Å². The molecule has 212 valence electrons. The average Bonchev–Trinajstić information content (AvgIpc) is 3.57. The van der Waals surface area contributed by atoms with Gasteiger partial charge in [-0.05, 0) is 71.8 Å². The first-order valence-electron chi connectivity index (χ1n) is 12.4. The zero-order valence-corrected chi connectivity index (χ0v) is 22.0. The summed E-state index contributed by atoms with van der Waals surface area (Å²) in [6, 6.07) is 11.8. The lowest BCUT2D eigenvalue weighted by atomic mass is 9.93. The molecule has 1 aliphatic rings. The van der Waals surface area contributed by atoms with Crippen LogP contribution in [0.5, 0.6) is 0 Å². The van der Waals surface area contributed by atoms with E-state index >= 15 is 0 Å². The van der Waals surface area contributed by atoms with Crippen LogP contribution in [0.2, 0.25) is 5.02 Å². The zero-order chi connectivity index (χ0) is 29.8. The Morgan fingerprint density at radius 2 is 1.88 bits per heavy atom. The Bertz CT molecular complexity index is 1910. The van der Waals surface area contributed by atoms with E-state index in [0.29, 0.717) is 22.8 Å². The molecular weight excluding hydrogens is 578 g/mol. The summed E-state index contributed by atoms with van der Waals surface area (Å²) >= 11 is 6.36. The number of fused-ring (bicyclic) bond motifs is 2. The SMILES string of the molecule is O=C(Nc1cc(-c2ccc3ncnn3c2)cc2c1C(c1cc(F)ccc1Cl)NC2=O)c1cc(CO)cc(C(F)(F)F)c1. The summed E-state index contributed by atoms with van der Waals surface area (Å²) in [6.45, 7) is -0.724. The maximum atomic E-state index is 14.2. The molecule has 2 aromatic heterocycles. The Morgan fingerprint density at radius 3 is 2.64 bits per heavy atom. The summed E-state index contributed by atoms with van der Waals surface area (Å²) in [6.07, 6.45) is -1.75. The molecule has 3 heterocycles. The summed E-state index contributed by atoms with van der Waals surface area (Å²) in [5.41, 5.74) is 0.738. The van der Waals surface area contributed by atoms with Gasteiger partial charge < -0.3 is 15.7 Å². The number of halogens is 5. The topological polar surface area (TPSA) is 109 Å². The third kappa shape index (κ3) is 4.95. The molecule has 8 nitrogen and oxygen atoms in total. The highest BCUT2D eigenvalue weighted by Crippen LogP contribution is 2.42. The fourth-order valence-corrected chi connectivity index (χ4v) is 5.16. The Kier molecular flexibility index (Phi) is 6.66. The molecule has 0 spiro atoms. The molecule has 0 bridgehead atoms. The van der Waals surface area contributed by atoms with Crippen LogP contribution in [0.15, 0.2) is 73.2 Å². The molecule has 42 heavy (non-hydrogen) atoms. The number of hydrogen-bond donors (Lipinski definition) is 3. The van der Waals surface area contributed by atoms with Crippen molar-refractivity contribution in [3.63, 3.8) is 0 Å². The van der Waals surface area contributed by atoms with Crippen molar-refractivity contribution < 1.29 is 32.3 Å². The van der Waals surface area contributed by atoms with Gasteiger partial charge in [0.15, 0.2) is 5.65 Å². The number of nitrogens with zero attached hydrogens (tertiary/aromatic N) is 3. The predicted octanol–water partition coefficient (Wildman–Crippen LogP) is 5.79. The number of rotatable bonds is 5. The lowest BCUT2D eigenvalue weighted by Gasteiger charge is -2.19. The van der Waals surface area contributed by atoms with Gasteiger partial charge in [0, 0.05) is 44.7 Å². The van der Waals surface area contributed by atoms with Crippen molar-refractivity contribution in [1.82, 2.24) is 19.9 Å². The Hall–Kier alpha value is -4.81. The molecule has 0 saturated heterocycles. The van der Waals surface area contributed by atoms with Crippen LogP contribution in [0.4, 0.5) is 23.2 Å². The highest BCUT2D eigenvalue weighted by atomic mass is 35.5. The number of aliphatic hydroxyl groups is 1. The number of anilines is 1. The number of aromatic nitrogens is 3. The van der Waals surface area contributed by atoms with Gasteiger partial charge in [-0.2, -0.15) is 18.3 Å². The van der Waals surface area contributed by atoms with Gasteiger partial charge in [0.05, 0.1) is 18.2 Å². The van der Waals surface area contributed by atoms with E-state index in [-0.39, 0.29) is 38.5 Å². The molecule has 1 atom stereocenters. The first-order valence-corrected chi connectivity index (χ1v) is 12.8. The van der Waals surface area contributed by atoms with Crippen LogP contribution in [0.25, 0.3) is 16.8 Å². The van der Waals surface area contributed by atoms with Gasteiger partial charge in [0.25, 0.3) is 11.8 Å². The molecule has 2 amide bonds. The summed E-state index contributed by atoms with van der Waals surface area (Å²) in [5, 5.41) is 19.2. The summed E-state index contributed by atoms with van der Waals surface area (Å²) in [4.78, 5) is 30.7. The third-order valence-corrected chi connectivity index (χ3v) is 7.22. The third-order valence-electron chi connectivity index (χ3n) is 6.88. The molecule has 0 saturated carbocycles. The van der Waals surface area contributed by atoms with Gasteiger partial charge in [-0.1, -0.05) is 11.6 Å². The number of pyridine rings is 1. The Labute approximate surface area is 239 Å². The summed E-state index contributed by atoms with van der Waals surface area (Å²) in [5.74, 6) is -2.07. The van der Waals surface area contributed by atoms with Crippen LogP contribution in [-0.2, 0) is 12.8 Å². The summed E-state index contributed by atoms with van der Waals surface area (Å²) in [7, 11) is 0. The van der Waals surface area contributed by atoms with E-state index in [1.54, 1.807) is 30.5 Å². The minimum atomic E-state index is -4.77. The van der Waals surface area contributed by atoms with Crippen LogP contribution >= 0.6 is 11.6 Å². The lowest BCUT2D eigenvalue weighted by Crippen LogP contribution is -2.21. The standard InChI is InChI=1S/C29H18ClF4N5O3/c30-22-3-2-19(31)10-20(22)26-25-21(28(42)38-26)8-16(15-1-4-24-35-13-36-39(24)11-15)9-23(25)37-27(41)17-5-14(12-40)6-18(7-17)29(32,33)34/h1-11,13,26,40H,12H2,(H,37,41)(H,38,42).